The second-order valence-corrected chi connectivity index (χ2v) is 25.0. The number of hydrogen-bond acceptors (Lipinski definition) is 4. The van der Waals surface area contributed by atoms with Crippen molar-refractivity contribution >= 4 is 58.3 Å². The Labute approximate surface area is 497 Å². The van der Waals surface area contributed by atoms with Crippen molar-refractivity contribution in [3.05, 3.63) is 0 Å². The molecular formula is C66H132N2S4Zn. The van der Waals surface area contributed by atoms with E-state index in [1.165, 1.54) is 360 Å². The Balaban J connectivity index is -0.00000132. The number of hydrogen-bond donors (Lipinski definition) is 0. The van der Waals surface area contributed by atoms with Crippen LogP contribution in [-0.4, -0.2) is 44.6 Å². The minimum Gasteiger partial charge on any atom is -0.411 e. The number of nitrogens with zero attached hydrogens (tertiary/aromatic N) is 2. The molecule has 7 heteroatoms. The Kier molecular flexibility index (Phi) is 75.8. The zero-order chi connectivity index (χ0) is 52.7. The molecule has 0 aliphatic heterocycles. The summed E-state index contributed by atoms with van der Waals surface area (Å²) in [7, 11) is 0. The van der Waals surface area contributed by atoms with Gasteiger partial charge in [-0.3, -0.25) is 0 Å². The van der Waals surface area contributed by atoms with Crippen molar-refractivity contribution in [2.24, 2.45) is 0 Å². The molecule has 432 valence electrons. The van der Waals surface area contributed by atoms with Crippen molar-refractivity contribution in [1.29, 1.82) is 0 Å². The third-order valence-corrected chi connectivity index (χ3v) is 16.7. The van der Waals surface area contributed by atoms with Gasteiger partial charge in [-0.15, -0.1) is 0 Å². The number of rotatable bonds is 60. The molecule has 0 saturated carbocycles. The first-order valence-electron chi connectivity index (χ1n) is 33.4. The molecule has 0 heterocycles. The molecule has 0 N–H and O–H groups in total. The van der Waals surface area contributed by atoms with Gasteiger partial charge in [0.25, 0.3) is 0 Å². The van der Waals surface area contributed by atoms with Crippen molar-refractivity contribution in [1.82, 2.24) is 9.80 Å². The maximum absolute atomic E-state index is 5.36. The van der Waals surface area contributed by atoms with E-state index in [4.69, 9.17) is 49.7 Å². The molecule has 0 fully saturated rings. The largest absolute Gasteiger partial charge is 2.00 e. The summed E-state index contributed by atoms with van der Waals surface area (Å²) in [5.41, 5.74) is 0. The van der Waals surface area contributed by atoms with E-state index in [1.54, 1.807) is 0 Å². The molecule has 0 aromatic carbocycles. The van der Waals surface area contributed by atoms with Crippen molar-refractivity contribution in [2.45, 2.75) is 387 Å². The van der Waals surface area contributed by atoms with Gasteiger partial charge in [0, 0.05) is 26.2 Å². The second kappa shape index (κ2) is 70.9. The van der Waals surface area contributed by atoms with Crippen LogP contribution < -0.4 is 0 Å². The van der Waals surface area contributed by atoms with E-state index in [2.05, 4.69) is 37.5 Å². The van der Waals surface area contributed by atoms with Crippen LogP contribution in [0.3, 0.4) is 0 Å². The third kappa shape index (κ3) is 68.9. The summed E-state index contributed by atoms with van der Waals surface area (Å²) in [6.07, 6.45) is 79.1. The number of thiocarbonyl (C=S) groups is 2. The first-order valence-corrected chi connectivity index (χ1v) is 35.0. The predicted molar refractivity (Wildman–Crippen MR) is 344 cm³/mol. The van der Waals surface area contributed by atoms with E-state index in [1.807, 2.05) is 0 Å². The van der Waals surface area contributed by atoms with E-state index in [0.717, 1.165) is 26.2 Å². The summed E-state index contributed by atoms with van der Waals surface area (Å²) in [4.78, 5) is 4.59. The Morgan fingerprint density at radius 2 is 0.301 bits per heavy atom. The van der Waals surface area contributed by atoms with Gasteiger partial charge in [-0.1, -0.05) is 370 Å². The molecule has 0 spiro atoms. The maximum Gasteiger partial charge on any atom is 2.00 e. The first kappa shape index (κ1) is 78.1. The molecule has 0 saturated heterocycles. The van der Waals surface area contributed by atoms with Crippen LogP contribution in [0.1, 0.15) is 387 Å². The van der Waals surface area contributed by atoms with Crippen molar-refractivity contribution in [3.63, 3.8) is 0 Å². The van der Waals surface area contributed by atoms with E-state index >= 15 is 0 Å². The average molecular weight is 1150 g/mol. The fourth-order valence-corrected chi connectivity index (χ4v) is 11.3. The van der Waals surface area contributed by atoms with E-state index in [-0.39, 0.29) is 19.5 Å². The minimum absolute atomic E-state index is 0. The van der Waals surface area contributed by atoms with Gasteiger partial charge >= 0.3 is 19.5 Å². The van der Waals surface area contributed by atoms with Gasteiger partial charge in [0.2, 0.25) is 0 Å². The summed E-state index contributed by atoms with van der Waals surface area (Å²) in [5.74, 6) is 0. The summed E-state index contributed by atoms with van der Waals surface area (Å²) in [6.45, 7) is 13.5. The quantitative estimate of drug-likeness (QED) is 0.0257. The zero-order valence-electron chi connectivity index (χ0n) is 50.7. The fourth-order valence-electron chi connectivity index (χ4n) is 10.6. The Bertz CT molecular complexity index is 873. The van der Waals surface area contributed by atoms with Crippen LogP contribution >= 0.6 is 24.4 Å². The second-order valence-electron chi connectivity index (χ2n) is 22.9. The van der Waals surface area contributed by atoms with Gasteiger partial charge in [0.05, 0.1) is 0 Å². The van der Waals surface area contributed by atoms with Crippen molar-refractivity contribution < 1.29 is 19.5 Å². The van der Waals surface area contributed by atoms with Gasteiger partial charge in [-0.05, 0) is 25.7 Å². The summed E-state index contributed by atoms with van der Waals surface area (Å²) in [6, 6.07) is 0. The van der Waals surface area contributed by atoms with Gasteiger partial charge in [-0.25, -0.2) is 0 Å². The SMILES string of the molecule is CCCCCCCCCCCCCCCCN(CCCCCCCCCCCCCCCC)C(=S)[S-].CCCCCCCCCCCCCCCCN(CCCCCCCCCCCCCCCC)C(=S)[S-].[Zn+2]. The predicted octanol–water partition coefficient (Wildman–Crippen LogP) is 24.2. The topological polar surface area (TPSA) is 6.48 Å². The molecule has 73 heavy (non-hydrogen) atoms. The molecular weight excluding hydrogens is 1010 g/mol. The van der Waals surface area contributed by atoms with Crippen LogP contribution in [0.5, 0.6) is 0 Å². The normalized spacial score (nSPS) is 11.1. The Morgan fingerprint density at radius 1 is 0.205 bits per heavy atom. The monoisotopic (exact) mass is 1140 g/mol. The summed E-state index contributed by atoms with van der Waals surface area (Å²) < 4.78 is 1.39. The van der Waals surface area contributed by atoms with Gasteiger partial charge in [0.1, 0.15) is 0 Å². The van der Waals surface area contributed by atoms with E-state index in [0.29, 0.717) is 8.64 Å². The minimum atomic E-state index is 0. The molecule has 2 nitrogen and oxygen atoms in total. The van der Waals surface area contributed by atoms with Crippen LogP contribution in [0.15, 0.2) is 0 Å². The van der Waals surface area contributed by atoms with Crippen LogP contribution in [-0.2, 0) is 44.7 Å². The molecule has 0 bridgehead atoms. The molecule has 0 amide bonds. The van der Waals surface area contributed by atoms with E-state index < -0.39 is 0 Å². The Morgan fingerprint density at radius 3 is 0.397 bits per heavy atom. The molecule has 0 aromatic rings. The molecule has 0 aliphatic carbocycles. The molecule has 0 rings (SSSR count). The van der Waals surface area contributed by atoms with Crippen LogP contribution in [0, 0.1) is 0 Å². The van der Waals surface area contributed by atoms with Crippen LogP contribution in [0.4, 0.5) is 0 Å². The number of unbranched alkanes of at least 4 members (excludes halogenated alkanes) is 52. The maximum atomic E-state index is 5.36. The Hall–Kier alpha value is 0.843. The van der Waals surface area contributed by atoms with Crippen LogP contribution in [0.25, 0.3) is 0 Å². The summed E-state index contributed by atoms with van der Waals surface area (Å²) >= 11 is 21.4. The van der Waals surface area contributed by atoms with Crippen molar-refractivity contribution in [3.8, 4) is 0 Å². The summed E-state index contributed by atoms with van der Waals surface area (Å²) in [5, 5.41) is 0. The molecule has 0 aromatic heterocycles. The third-order valence-electron chi connectivity index (χ3n) is 15.6. The smallest absolute Gasteiger partial charge is 0.411 e. The zero-order valence-corrected chi connectivity index (χ0v) is 56.9. The fraction of sp³-hybridized carbons (Fsp3) is 0.970. The van der Waals surface area contributed by atoms with Gasteiger partial charge in [-0.2, -0.15) is 0 Å². The van der Waals surface area contributed by atoms with Crippen molar-refractivity contribution in [2.75, 3.05) is 26.2 Å². The van der Waals surface area contributed by atoms with Crippen LogP contribution in [0.2, 0.25) is 0 Å². The molecule has 0 atom stereocenters. The van der Waals surface area contributed by atoms with Gasteiger partial charge in [0.15, 0.2) is 0 Å². The van der Waals surface area contributed by atoms with Gasteiger partial charge < -0.3 is 59.5 Å². The molecule has 0 unspecified atom stereocenters. The standard InChI is InChI=1S/2C33H67NS2.Zn/c2*1-3-5-7-9-11-13-15-17-19-21-23-25-27-29-31-34(33(35)36)32-30-28-26-24-22-20-18-16-14-12-10-8-6-4-2;/h2*3-32H2,1-2H3,(H,35,36);/q;;+2/p-2. The average Bonchev–Trinajstić information content (AvgIpc) is 3.37. The first-order chi connectivity index (χ1) is 35.4. The molecule has 0 radical (unpaired) electrons. The molecule has 0 aliphatic rings. The van der Waals surface area contributed by atoms with E-state index in [9.17, 15) is 0 Å².